The molecule has 0 atom stereocenters. The summed E-state index contributed by atoms with van der Waals surface area (Å²) in [6.45, 7) is 7.47. The highest BCUT2D eigenvalue weighted by Crippen LogP contribution is 2.31. The molecule has 0 unspecified atom stereocenters. The fourth-order valence-corrected chi connectivity index (χ4v) is 2.86. The maximum atomic E-state index is 5.40. The third kappa shape index (κ3) is 6.41. The highest BCUT2D eigenvalue weighted by Gasteiger charge is 2.16. The number of hydrogen-bond acceptors (Lipinski definition) is 4. The van der Waals surface area contributed by atoms with Crippen molar-refractivity contribution >= 4 is 24.4 Å². The molecule has 0 aromatic heterocycles. The number of hydrogen-bond donors (Lipinski definition) is 0. The predicted octanol–water partition coefficient (Wildman–Crippen LogP) is 4.00. The largest absolute Gasteiger partial charge is 0.497 e. The van der Waals surface area contributed by atoms with Crippen molar-refractivity contribution in [3.8, 4) is 11.5 Å². The Kier molecular flexibility index (Phi) is 7.64. The highest BCUT2D eigenvalue weighted by atomic mass is 35.5. The fourth-order valence-electron chi connectivity index (χ4n) is 1.72. The van der Waals surface area contributed by atoms with Gasteiger partial charge in [0.2, 0.25) is 0 Å². The van der Waals surface area contributed by atoms with E-state index in [1.54, 1.807) is 14.2 Å². The molecule has 0 aliphatic rings. The third-order valence-electron chi connectivity index (χ3n) is 2.32. The topological polar surface area (TPSA) is 21.7 Å². The molecule has 0 aliphatic heterocycles. The average molecular weight is 306 g/mol. The van der Waals surface area contributed by atoms with Crippen LogP contribution >= 0.6 is 24.4 Å². The van der Waals surface area contributed by atoms with Gasteiger partial charge >= 0.3 is 0 Å². The lowest BCUT2D eigenvalue weighted by Gasteiger charge is -2.26. The highest BCUT2D eigenvalue weighted by molar-refractivity contribution is 7.98. The van der Waals surface area contributed by atoms with Gasteiger partial charge in [-0.25, -0.2) is 4.31 Å². The molecule has 5 heteroatoms. The molecule has 0 bridgehead atoms. The first-order valence-corrected chi connectivity index (χ1v) is 6.74. The molecule has 1 rings (SSSR count). The van der Waals surface area contributed by atoms with E-state index in [0.29, 0.717) is 0 Å². The summed E-state index contributed by atoms with van der Waals surface area (Å²) in [4.78, 5) is 0. The minimum Gasteiger partial charge on any atom is -0.497 e. The number of halogens is 1. The van der Waals surface area contributed by atoms with E-state index in [-0.39, 0.29) is 17.2 Å². The van der Waals surface area contributed by atoms with Crippen molar-refractivity contribution in [1.29, 1.82) is 0 Å². The van der Waals surface area contributed by atoms with Gasteiger partial charge < -0.3 is 9.47 Å². The van der Waals surface area contributed by atoms with Gasteiger partial charge in [0.15, 0.2) is 0 Å². The van der Waals surface area contributed by atoms with Crippen molar-refractivity contribution in [3.63, 3.8) is 0 Å². The van der Waals surface area contributed by atoms with E-state index >= 15 is 0 Å². The summed E-state index contributed by atoms with van der Waals surface area (Å²) in [5.74, 6) is 1.69. The van der Waals surface area contributed by atoms with Gasteiger partial charge in [-0.05, 0) is 33.9 Å². The second-order valence-electron chi connectivity index (χ2n) is 5.17. The molecule has 110 valence electrons. The molecule has 0 saturated carbocycles. The zero-order chi connectivity index (χ0) is 13.8. The Balaban J connectivity index is 0.00000324. The molecule has 0 radical (unpaired) electrons. The number of nitrogens with zero attached hydrogens (tertiary/aromatic N) is 1. The van der Waals surface area contributed by atoms with E-state index in [1.807, 2.05) is 24.1 Å². The van der Waals surface area contributed by atoms with Gasteiger partial charge in [-0.1, -0.05) is 18.0 Å². The Morgan fingerprint density at radius 1 is 1.16 bits per heavy atom. The summed E-state index contributed by atoms with van der Waals surface area (Å²) in [6, 6.07) is 5.94. The van der Waals surface area contributed by atoms with E-state index in [4.69, 9.17) is 9.47 Å². The number of rotatable bonds is 5. The molecular weight excluding hydrogens is 282 g/mol. The predicted molar refractivity (Wildman–Crippen MR) is 85.6 cm³/mol. The van der Waals surface area contributed by atoms with Gasteiger partial charge in [0, 0.05) is 22.9 Å². The monoisotopic (exact) mass is 305 g/mol. The lowest BCUT2D eigenvalue weighted by molar-refractivity contribution is 0.386. The van der Waals surface area contributed by atoms with Crippen LogP contribution in [0.5, 0.6) is 11.5 Å². The lowest BCUT2D eigenvalue weighted by atomic mass is 10.2. The molecule has 0 N–H and O–H groups in total. The summed E-state index contributed by atoms with van der Waals surface area (Å²) in [7, 11) is 5.45. The zero-order valence-corrected chi connectivity index (χ0v) is 14.2. The van der Waals surface area contributed by atoms with Crippen LogP contribution < -0.4 is 9.47 Å². The zero-order valence-electron chi connectivity index (χ0n) is 12.5. The molecule has 0 heterocycles. The van der Waals surface area contributed by atoms with Crippen molar-refractivity contribution in [2.75, 3.05) is 21.3 Å². The average Bonchev–Trinajstić information content (AvgIpc) is 2.27. The van der Waals surface area contributed by atoms with E-state index in [0.717, 1.165) is 23.6 Å². The van der Waals surface area contributed by atoms with Crippen LogP contribution in [-0.4, -0.2) is 30.3 Å². The van der Waals surface area contributed by atoms with Crippen LogP contribution in [0, 0.1) is 0 Å². The van der Waals surface area contributed by atoms with Gasteiger partial charge in [-0.2, -0.15) is 0 Å². The molecule has 0 saturated heterocycles. The maximum absolute atomic E-state index is 5.40. The number of benzene rings is 1. The minimum absolute atomic E-state index is 0. The Labute approximate surface area is 127 Å². The van der Waals surface area contributed by atoms with Crippen LogP contribution in [0.4, 0.5) is 0 Å². The SMILES string of the molecule is COc1ccc(CN(C)SC(C)(C)C)c(OC)c1.Cl. The summed E-state index contributed by atoms with van der Waals surface area (Å²) in [5.41, 5.74) is 1.16. The Morgan fingerprint density at radius 3 is 2.26 bits per heavy atom. The van der Waals surface area contributed by atoms with Crippen molar-refractivity contribution in [2.45, 2.75) is 32.1 Å². The van der Waals surface area contributed by atoms with Crippen LogP contribution in [0.25, 0.3) is 0 Å². The molecule has 3 nitrogen and oxygen atoms in total. The van der Waals surface area contributed by atoms with Crippen molar-refractivity contribution in [1.82, 2.24) is 4.31 Å². The van der Waals surface area contributed by atoms with E-state index in [2.05, 4.69) is 38.2 Å². The van der Waals surface area contributed by atoms with E-state index in [1.165, 1.54) is 0 Å². The van der Waals surface area contributed by atoms with Crippen LogP contribution in [0.1, 0.15) is 26.3 Å². The third-order valence-corrected chi connectivity index (χ3v) is 3.31. The summed E-state index contributed by atoms with van der Waals surface area (Å²) in [6.07, 6.45) is 0. The van der Waals surface area contributed by atoms with Crippen LogP contribution in [0.15, 0.2) is 18.2 Å². The van der Waals surface area contributed by atoms with Gasteiger partial charge in [-0.15, -0.1) is 12.4 Å². The molecular formula is C14H24ClNO2S. The molecule has 0 aliphatic carbocycles. The van der Waals surface area contributed by atoms with E-state index < -0.39 is 0 Å². The molecule has 19 heavy (non-hydrogen) atoms. The second kappa shape index (κ2) is 7.88. The van der Waals surface area contributed by atoms with Gasteiger partial charge in [0.1, 0.15) is 11.5 Å². The Hall–Kier alpha value is -0.580. The first-order valence-electron chi connectivity index (χ1n) is 5.97. The van der Waals surface area contributed by atoms with Crippen LogP contribution in [-0.2, 0) is 6.54 Å². The summed E-state index contributed by atoms with van der Waals surface area (Å²) >= 11 is 1.83. The van der Waals surface area contributed by atoms with Crippen LogP contribution in [0.2, 0.25) is 0 Å². The summed E-state index contributed by atoms with van der Waals surface area (Å²) in [5, 5.41) is 0. The standard InChI is InChI=1S/C14H23NO2S.ClH/c1-14(2,3)18-15(4)10-11-7-8-12(16-5)9-13(11)17-6;/h7-9H,10H2,1-6H3;1H. The van der Waals surface area contributed by atoms with E-state index in [9.17, 15) is 0 Å². The molecule has 0 amide bonds. The van der Waals surface area contributed by atoms with Gasteiger partial charge in [0.05, 0.1) is 14.2 Å². The lowest BCUT2D eigenvalue weighted by Crippen LogP contribution is -2.19. The van der Waals surface area contributed by atoms with Crippen LogP contribution in [0.3, 0.4) is 0 Å². The van der Waals surface area contributed by atoms with Crippen molar-refractivity contribution < 1.29 is 9.47 Å². The maximum Gasteiger partial charge on any atom is 0.127 e. The quantitative estimate of drug-likeness (QED) is 0.766. The fraction of sp³-hybridized carbons (Fsp3) is 0.571. The van der Waals surface area contributed by atoms with Crippen molar-refractivity contribution in [2.24, 2.45) is 0 Å². The molecule has 0 fully saturated rings. The normalized spacial score (nSPS) is 11.1. The molecule has 1 aromatic carbocycles. The molecule has 0 spiro atoms. The summed E-state index contributed by atoms with van der Waals surface area (Å²) < 4.78 is 13.0. The first-order chi connectivity index (χ1) is 8.35. The Morgan fingerprint density at radius 2 is 1.79 bits per heavy atom. The molecule has 1 aromatic rings. The van der Waals surface area contributed by atoms with Gasteiger partial charge in [0.25, 0.3) is 0 Å². The minimum atomic E-state index is 0. The number of ether oxygens (including phenoxy) is 2. The van der Waals surface area contributed by atoms with Gasteiger partial charge in [-0.3, -0.25) is 0 Å². The van der Waals surface area contributed by atoms with Crippen molar-refractivity contribution in [3.05, 3.63) is 23.8 Å². The first kappa shape index (κ1) is 18.4. The second-order valence-corrected chi connectivity index (χ2v) is 7.20. The number of methoxy groups -OCH3 is 2. The Bertz CT molecular complexity index is 394. The smallest absolute Gasteiger partial charge is 0.127 e.